The molecule has 3 atom stereocenters. The molecule has 1 aliphatic rings. The summed E-state index contributed by atoms with van der Waals surface area (Å²) in [6.07, 6.45) is -5.02. The van der Waals surface area contributed by atoms with Crippen LogP contribution in [0.2, 0.25) is 5.02 Å². The largest absolute Gasteiger partial charge is 0.414 e. The average Bonchev–Trinajstić information content (AvgIpc) is 3.19. The zero-order chi connectivity index (χ0) is 22.3. The standard InChI is InChI=1S/C12H12ClF3O.C8H10N2O3/c1-7-2-3-9(10(13)4-7)8-5-11(17-6-8)12(14,15)16;11-4-8(13)7-2-1-6(3-9-7)10-5-12/h2-4,8,11H,5-6H2,1H3;1-3,5,8,11,13H,4H2,(H,10,12). The summed E-state index contributed by atoms with van der Waals surface area (Å²) in [5.74, 6) is -0.269. The number of pyridine rings is 1. The molecule has 1 fully saturated rings. The van der Waals surface area contributed by atoms with Crippen molar-refractivity contribution in [3.63, 3.8) is 0 Å². The Labute approximate surface area is 176 Å². The SMILES string of the molecule is Cc1ccc(C2COC(C(F)(F)F)C2)c(Cl)c1.O=CNc1ccc(C(O)CO)nc1. The van der Waals surface area contributed by atoms with E-state index >= 15 is 0 Å². The molecule has 10 heteroatoms. The smallest absolute Gasteiger partial charge is 0.393 e. The molecule has 1 aliphatic heterocycles. The van der Waals surface area contributed by atoms with Gasteiger partial charge in [0.25, 0.3) is 0 Å². The summed E-state index contributed by atoms with van der Waals surface area (Å²) in [6.45, 7) is 1.60. The Balaban J connectivity index is 0.000000222. The van der Waals surface area contributed by atoms with Crippen LogP contribution in [0.25, 0.3) is 0 Å². The maximum atomic E-state index is 12.5. The van der Waals surface area contributed by atoms with Crippen molar-refractivity contribution in [2.45, 2.75) is 37.6 Å². The van der Waals surface area contributed by atoms with Crippen molar-refractivity contribution in [3.8, 4) is 0 Å². The minimum Gasteiger partial charge on any atom is -0.393 e. The van der Waals surface area contributed by atoms with E-state index < -0.39 is 18.4 Å². The number of aromatic nitrogens is 1. The Morgan fingerprint density at radius 1 is 1.37 bits per heavy atom. The first-order valence-corrected chi connectivity index (χ1v) is 9.43. The molecule has 30 heavy (non-hydrogen) atoms. The van der Waals surface area contributed by atoms with Crippen molar-refractivity contribution >= 4 is 23.7 Å². The Morgan fingerprint density at radius 3 is 2.60 bits per heavy atom. The highest BCUT2D eigenvalue weighted by Gasteiger charge is 2.46. The molecule has 1 aromatic carbocycles. The average molecular weight is 447 g/mol. The van der Waals surface area contributed by atoms with E-state index in [2.05, 4.69) is 10.3 Å². The summed E-state index contributed by atoms with van der Waals surface area (Å²) >= 11 is 6.03. The number of nitrogens with zero attached hydrogens (tertiary/aromatic N) is 1. The number of hydrogen-bond donors (Lipinski definition) is 3. The van der Waals surface area contributed by atoms with Crippen LogP contribution in [0.1, 0.15) is 35.3 Å². The van der Waals surface area contributed by atoms with Crippen molar-refractivity contribution in [3.05, 3.63) is 58.4 Å². The number of hydrogen-bond acceptors (Lipinski definition) is 5. The Hall–Kier alpha value is -2.20. The van der Waals surface area contributed by atoms with Gasteiger partial charge in [-0.15, -0.1) is 0 Å². The number of benzene rings is 1. The van der Waals surface area contributed by atoms with Crippen LogP contribution >= 0.6 is 11.6 Å². The summed E-state index contributed by atoms with van der Waals surface area (Å²) < 4.78 is 42.2. The number of halogens is 4. The van der Waals surface area contributed by atoms with E-state index in [1.54, 1.807) is 18.2 Å². The molecule has 1 saturated heterocycles. The molecule has 0 spiro atoms. The monoisotopic (exact) mass is 446 g/mol. The third kappa shape index (κ3) is 6.66. The van der Waals surface area contributed by atoms with Gasteiger partial charge < -0.3 is 20.3 Å². The second-order valence-corrected chi connectivity index (χ2v) is 7.16. The molecule has 0 aliphatic carbocycles. The number of carbonyl (C=O) groups excluding carboxylic acids is 1. The fourth-order valence-electron chi connectivity index (χ4n) is 2.88. The predicted octanol–water partition coefficient (Wildman–Crippen LogP) is 3.76. The van der Waals surface area contributed by atoms with Gasteiger partial charge in [-0.05, 0) is 42.7 Å². The zero-order valence-corrected chi connectivity index (χ0v) is 16.8. The highest BCUT2D eigenvalue weighted by atomic mass is 35.5. The van der Waals surface area contributed by atoms with Crippen LogP contribution in [0.4, 0.5) is 18.9 Å². The number of alkyl halides is 3. The van der Waals surface area contributed by atoms with E-state index in [1.807, 2.05) is 13.0 Å². The molecule has 0 radical (unpaired) electrons. The lowest BCUT2D eigenvalue weighted by Gasteiger charge is -2.14. The summed E-state index contributed by atoms with van der Waals surface area (Å²) in [4.78, 5) is 13.9. The number of aryl methyl sites for hydroxylation is 1. The number of amides is 1. The van der Waals surface area contributed by atoms with Crippen LogP contribution in [0.15, 0.2) is 36.5 Å². The molecule has 3 unspecified atom stereocenters. The number of rotatable bonds is 5. The van der Waals surface area contributed by atoms with Crippen LogP contribution in [-0.2, 0) is 9.53 Å². The molecule has 2 heterocycles. The second-order valence-electron chi connectivity index (χ2n) is 6.75. The Morgan fingerprint density at radius 2 is 2.10 bits per heavy atom. The van der Waals surface area contributed by atoms with Crippen molar-refractivity contribution in [1.29, 1.82) is 0 Å². The highest BCUT2D eigenvalue weighted by molar-refractivity contribution is 6.31. The molecule has 0 saturated carbocycles. The number of aliphatic hydroxyl groups is 2. The van der Waals surface area contributed by atoms with Crippen LogP contribution in [0, 0.1) is 6.92 Å². The Bertz CT molecular complexity index is 834. The predicted molar refractivity (Wildman–Crippen MR) is 105 cm³/mol. The minimum atomic E-state index is -4.29. The van der Waals surface area contributed by atoms with Crippen molar-refractivity contribution in [2.24, 2.45) is 0 Å². The van der Waals surface area contributed by atoms with E-state index in [1.165, 1.54) is 12.3 Å². The van der Waals surface area contributed by atoms with E-state index in [4.69, 9.17) is 26.6 Å². The molecule has 2 aromatic rings. The summed E-state index contributed by atoms with van der Waals surface area (Å²) in [6, 6.07) is 8.52. The molecule has 1 aromatic heterocycles. The van der Waals surface area contributed by atoms with E-state index in [0.717, 1.165) is 11.1 Å². The summed E-state index contributed by atoms with van der Waals surface area (Å²) in [7, 11) is 0. The van der Waals surface area contributed by atoms with Gasteiger partial charge in [-0.3, -0.25) is 9.78 Å². The molecule has 3 rings (SSSR count). The number of nitrogens with one attached hydrogen (secondary N) is 1. The minimum absolute atomic E-state index is 0.0493. The van der Waals surface area contributed by atoms with Crippen molar-refractivity contribution in [2.75, 3.05) is 18.5 Å². The molecule has 3 N–H and O–H groups in total. The van der Waals surface area contributed by atoms with Crippen molar-refractivity contribution < 1.29 is 32.9 Å². The third-order valence-electron chi connectivity index (χ3n) is 4.48. The van der Waals surface area contributed by atoms with Crippen LogP contribution in [0.5, 0.6) is 0 Å². The van der Waals surface area contributed by atoms with Gasteiger partial charge >= 0.3 is 6.18 Å². The molecule has 6 nitrogen and oxygen atoms in total. The Kier molecular flexibility index (Phi) is 8.60. The van der Waals surface area contributed by atoms with Crippen LogP contribution in [-0.4, -0.2) is 47.1 Å². The third-order valence-corrected chi connectivity index (χ3v) is 4.81. The van der Waals surface area contributed by atoms with Crippen molar-refractivity contribution in [1.82, 2.24) is 4.98 Å². The highest BCUT2D eigenvalue weighted by Crippen LogP contribution is 2.39. The molecular weight excluding hydrogens is 425 g/mol. The van der Waals surface area contributed by atoms with E-state index in [-0.39, 0.29) is 25.6 Å². The van der Waals surface area contributed by atoms with Crippen LogP contribution in [0.3, 0.4) is 0 Å². The van der Waals surface area contributed by atoms with E-state index in [0.29, 0.717) is 22.8 Å². The second kappa shape index (κ2) is 10.7. The first kappa shape index (κ1) is 24.1. The molecule has 1 amide bonds. The zero-order valence-electron chi connectivity index (χ0n) is 16.1. The molecule has 0 bridgehead atoms. The molecule has 164 valence electrons. The number of carbonyl (C=O) groups is 1. The normalized spacial score (nSPS) is 19.6. The lowest BCUT2D eigenvalue weighted by molar-refractivity contribution is -0.206. The number of anilines is 1. The van der Waals surface area contributed by atoms with Gasteiger partial charge in [0.2, 0.25) is 6.41 Å². The lowest BCUT2D eigenvalue weighted by Crippen LogP contribution is -2.27. The van der Waals surface area contributed by atoms with Gasteiger partial charge in [0, 0.05) is 10.9 Å². The summed E-state index contributed by atoms with van der Waals surface area (Å²) in [5, 5.41) is 20.7. The number of aliphatic hydroxyl groups excluding tert-OH is 2. The first-order chi connectivity index (χ1) is 14.2. The lowest BCUT2D eigenvalue weighted by atomic mass is 9.95. The quantitative estimate of drug-likeness (QED) is 0.608. The van der Waals surface area contributed by atoms with Gasteiger partial charge in [-0.25, -0.2) is 0 Å². The maximum Gasteiger partial charge on any atom is 0.414 e. The fourth-order valence-corrected chi connectivity index (χ4v) is 3.27. The van der Waals surface area contributed by atoms with Crippen LogP contribution < -0.4 is 5.32 Å². The maximum absolute atomic E-state index is 12.5. The van der Waals surface area contributed by atoms with Gasteiger partial charge in [-0.2, -0.15) is 13.2 Å². The van der Waals surface area contributed by atoms with Gasteiger partial charge in [0.1, 0.15) is 6.10 Å². The molecular formula is C20H22ClF3N2O4. The van der Waals surface area contributed by atoms with Gasteiger partial charge in [0.15, 0.2) is 6.10 Å². The van der Waals surface area contributed by atoms with Gasteiger partial charge in [-0.1, -0.05) is 23.7 Å². The van der Waals surface area contributed by atoms with Gasteiger partial charge in [0.05, 0.1) is 30.8 Å². The topological polar surface area (TPSA) is 91.7 Å². The number of ether oxygens (including phenoxy) is 1. The fraction of sp³-hybridized carbons (Fsp3) is 0.400. The summed E-state index contributed by atoms with van der Waals surface area (Å²) in [5.41, 5.74) is 2.65. The van der Waals surface area contributed by atoms with E-state index in [9.17, 15) is 18.0 Å². The first-order valence-electron chi connectivity index (χ1n) is 9.05.